The summed E-state index contributed by atoms with van der Waals surface area (Å²) in [5.74, 6) is 1.48. The van der Waals surface area contributed by atoms with Crippen molar-refractivity contribution in [2.75, 3.05) is 33.8 Å². The van der Waals surface area contributed by atoms with Gasteiger partial charge in [-0.1, -0.05) is 18.2 Å². The Morgan fingerprint density at radius 2 is 1.84 bits per heavy atom. The van der Waals surface area contributed by atoms with E-state index in [4.69, 9.17) is 9.72 Å². The number of methoxy groups -OCH3 is 1. The quantitative estimate of drug-likeness (QED) is 0.630. The number of carbonyl (C=O) groups excluding carboxylic acids is 1. The van der Waals surface area contributed by atoms with Gasteiger partial charge in [0.15, 0.2) is 0 Å². The van der Waals surface area contributed by atoms with Crippen LogP contribution in [0.5, 0.6) is 5.75 Å². The highest BCUT2D eigenvalue weighted by Gasteiger charge is 2.46. The standard InChI is InChI=1S/C25H27FN4O2/c1-28-13-14-30-22(18-5-3-7-20(26)15-18)17-27-24(30)25(28)9-11-29(12-10-25)23(31)19-6-4-8-21(16-19)32-2/h3-8,15-17H,9-14H2,1-2H3. The number of carbonyl (C=O) groups is 1. The molecule has 0 atom stereocenters. The van der Waals surface area contributed by atoms with Crippen LogP contribution in [0.1, 0.15) is 29.0 Å². The lowest BCUT2D eigenvalue weighted by atomic mass is 9.83. The molecule has 6 nitrogen and oxygen atoms in total. The van der Waals surface area contributed by atoms with Crippen LogP contribution in [0.25, 0.3) is 11.3 Å². The minimum absolute atomic E-state index is 0.0287. The maximum Gasteiger partial charge on any atom is 0.253 e. The summed E-state index contributed by atoms with van der Waals surface area (Å²) in [5.41, 5.74) is 2.21. The average Bonchev–Trinajstić information content (AvgIpc) is 3.27. The van der Waals surface area contributed by atoms with Gasteiger partial charge < -0.3 is 14.2 Å². The molecule has 1 fully saturated rings. The molecule has 1 amide bonds. The van der Waals surface area contributed by atoms with Gasteiger partial charge in [-0.25, -0.2) is 9.37 Å². The molecule has 2 aliphatic heterocycles. The minimum atomic E-state index is -0.245. The molecule has 2 aromatic carbocycles. The second-order valence-electron chi connectivity index (χ2n) is 8.61. The lowest BCUT2D eigenvalue weighted by Gasteiger charge is -2.49. The Morgan fingerprint density at radius 1 is 1.06 bits per heavy atom. The van der Waals surface area contributed by atoms with Crippen LogP contribution in [0.2, 0.25) is 0 Å². The van der Waals surface area contributed by atoms with Crippen molar-refractivity contribution >= 4 is 5.91 Å². The Kier molecular flexibility index (Phi) is 5.21. The lowest BCUT2D eigenvalue weighted by Crippen LogP contribution is -2.57. The SMILES string of the molecule is COc1cccc(C(=O)N2CCC3(CC2)c2ncc(-c4cccc(F)c4)n2CCN3C)c1. The van der Waals surface area contributed by atoms with Gasteiger partial charge in [-0.2, -0.15) is 0 Å². The minimum Gasteiger partial charge on any atom is -0.497 e. The maximum absolute atomic E-state index is 13.8. The third-order valence-electron chi connectivity index (χ3n) is 6.98. The molecule has 5 rings (SSSR count). The summed E-state index contributed by atoms with van der Waals surface area (Å²) in [6.07, 6.45) is 3.47. The number of rotatable bonds is 3. The van der Waals surface area contributed by atoms with Crippen LogP contribution in [0.15, 0.2) is 54.7 Å². The van der Waals surface area contributed by atoms with E-state index in [9.17, 15) is 9.18 Å². The van der Waals surface area contributed by atoms with E-state index in [2.05, 4.69) is 16.5 Å². The zero-order chi connectivity index (χ0) is 22.3. The normalized spacial score (nSPS) is 17.9. The van der Waals surface area contributed by atoms with E-state index in [-0.39, 0.29) is 17.3 Å². The number of halogens is 1. The third kappa shape index (κ3) is 3.37. The van der Waals surface area contributed by atoms with Crippen molar-refractivity contribution in [1.29, 1.82) is 0 Å². The lowest BCUT2D eigenvalue weighted by molar-refractivity contribution is 0.0101. The zero-order valence-corrected chi connectivity index (χ0v) is 18.4. The number of amides is 1. The summed E-state index contributed by atoms with van der Waals surface area (Å²) >= 11 is 0. The van der Waals surface area contributed by atoms with Gasteiger partial charge in [0.25, 0.3) is 5.91 Å². The number of likely N-dealkylation sites (tertiary alicyclic amines) is 1. The molecule has 0 aliphatic carbocycles. The van der Waals surface area contributed by atoms with Gasteiger partial charge >= 0.3 is 0 Å². The molecule has 1 spiro atoms. The van der Waals surface area contributed by atoms with Crippen molar-refractivity contribution < 1.29 is 13.9 Å². The van der Waals surface area contributed by atoms with Crippen molar-refractivity contribution in [3.05, 3.63) is 71.9 Å². The fourth-order valence-electron chi connectivity index (χ4n) is 5.11. The van der Waals surface area contributed by atoms with Gasteiger partial charge in [0.1, 0.15) is 17.4 Å². The summed E-state index contributed by atoms with van der Waals surface area (Å²) in [6, 6.07) is 14.0. The number of nitrogens with zero attached hydrogens (tertiary/aromatic N) is 4. The fourth-order valence-corrected chi connectivity index (χ4v) is 5.11. The van der Waals surface area contributed by atoms with E-state index in [0.717, 1.165) is 43.0 Å². The highest BCUT2D eigenvalue weighted by atomic mass is 19.1. The third-order valence-corrected chi connectivity index (χ3v) is 6.98. The number of benzene rings is 2. The predicted octanol–water partition coefficient (Wildman–Crippen LogP) is 3.77. The number of ether oxygens (including phenoxy) is 1. The Labute approximate surface area is 187 Å². The summed E-state index contributed by atoms with van der Waals surface area (Å²) < 4.78 is 21.3. The number of hydrogen-bond acceptors (Lipinski definition) is 4. The van der Waals surface area contributed by atoms with Gasteiger partial charge in [-0.15, -0.1) is 0 Å². The van der Waals surface area contributed by atoms with Crippen LogP contribution < -0.4 is 4.74 Å². The smallest absolute Gasteiger partial charge is 0.253 e. The fraction of sp³-hybridized carbons (Fsp3) is 0.360. The number of hydrogen-bond donors (Lipinski definition) is 0. The Bertz CT molecular complexity index is 1150. The highest BCUT2D eigenvalue weighted by Crippen LogP contribution is 2.41. The first-order valence-corrected chi connectivity index (χ1v) is 11.0. The Balaban J connectivity index is 1.41. The highest BCUT2D eigenvalue weighted by molar-refractivity contribution is 5.94. The molecule has 1 aromatic heterocycles. The first-order valence-electron chi connectivity index (χ1n) is 11.0. The molecule has 166 valence electrons. The molecule has 0 unspecified atom stereocenters. The summed E-state index contributed by atoms with van der Waals surface area (Å²) in [4.78, 5) is 22.2. The molecule has 3 aromatic rings. The van der Waals surface area contributed by atoms with E-state index in [0.29, 0.717) is 24.4 Å². The molecule has 0 bridgehead atoms. The van der Waals surface area contributed by atoms with Crippen molar-refractivity contribution in [2.24, 2.45) is 0 Å². The van der Waals surface area contributed by atoms with E-state index < -0.39 is 0 Å². The van der Waals surface area contributed by atoms with Crippen molar-refractivity contribution in [3.8, 4) is 17.0 Å². The summed E-state index contributed by atoms with van der Waals surface area (Å²) in [5, 5.41) is 0. The number of fused-ring (bicyclic) bond motifs is 2. The van der Waals surface area contributed by atoms with Crippen LogP contribution in [0, 0.1) is 5.82 Å². The van der Waals surface area contributed by atoms with E-state index in [1.807, 2.05) is 35.4 Å². The summed E-state index contributed by atoms with van der Waals surface area (Å²) in [7, 11) is 3.74. The predicted molar refractivity (Wildman–Crippen MR) is 120 cm³/mol. The molecular formula is C25H27FN4O2. The van der Waals surface area contributed by atoms with E-state index in [1.165, 1.54) is 6.07 Å². The van der Waals surface area contributed by atoms with Crippen LogP contribution in [0.4, 0.5) is 4.39 Å². The molecule has 0 N–H and O–H groups in total. The monoisotopic (exact) mass is 434 g/mol. The first kappa shape index (κ1) is 20.7. The molecule has 0 radical (unpaired) electrons. The second kappa shape index (κ2) is 8.06. The van der Waals surface area contributed by atoms with Crippen LogP contribution in [-0.2, 0) is 12.1 Å². The molecule has 0 saturated carbocycles. The molecule has 32 heavy (non-hydrogen) atoms. The van der Waals surface area contributed by atoms with Crippen LogP contribution >= 0.6 is 0 Å². The number of aromatic nitrogens is 2. The molecule has 2 aliphatic rings. The molecular weight excluding hydrogens is 407 g/mol. The number of imidazole rings is 1. The summed E-state index contributed by atoms with van der Waals surface area (Å²) in [6.45, 7) is 3.01. The maximum atomic E-state index is 13.8. The Morgan fingerprint density at radius 3 is 2.59 bits per heavy atom. The van der Waals surface area contributed by atoms with Gasteiger partial charge in [0.05, 0.1) is 24.5 Å². The van der Waals surface area contributed by atoms with Crippen molar-refractivity contribution in [1.82, 2.24) is 19.4 Å². The van der Waals surface area contributed by atoms with Crippen molar-refractivity contribution in [3.63, 3.8) is 0 Å². The number of piperidine rings is 1. The average molecular weight is 435 g/mol. The molecule has 7 heteroatoms. The van der Waals surface area contributed by atoms with Crippen LogP contribution in [-0.4, -0.2) is 59.0 Å². The van der Waals surface area contributed by atoms with Gasteiger partial charge in [-0.05, 0) is 50.2 Å². The number of likely N-dealkylation sites (N-methyl/N-ethyl adjacent to an activating group) is 1. The van der Waals surface area contributed by atoms with Gasteiger partial charge in [-0.3, -0.25) is 9.69 Å². The zero-order valence-electron chi connectivity index (χ0n) is 18.4. The molecule has 3 heterocycles. The van der Waals surface area contributed by atoms with E-state index in [1.54, 1.807) is 25.3 Å². The largest absolute Gasteiger partial charge is 0.497 e. The van der Waals surface area contributed by atoms with Crippen LogP contribution in [0.3, 0.4) is 0 Å². The second-order valence-corrected chi connectivity index (χ2v) is 8.61. The first-order chi connectivity index (χ1) is 15.5. The molecule has 1 saturated heterocycles. The topological polar surface area (TPSA) is 50.6 Å². The Hall–Kier alpha value is -3.19. The van der Waals surface area contributed by atoms with Gasteiger partial charge in [0, 0.05) is 37.3 Å². The van der Waals surface area contributed by atoms with Gasteiger partial charge in [0.2, 0.25) is 0 Å². The van der Waals surface area contributed by atoms with Crippen molar-refractivity contribution in [2.45, 2.75) is 24.9 Å². The van der Waals surface area contributed by atoms with E-state index >= 15 is 0 Å².